The Morgan fingerprint density at radius 1 is 1.42 bits per heavy atom. The predicted molar refractivity (Wildman–Crippen MR) is 57.4 cm³/mol. The molecule has 0 fully saturated rings. The summed E-state index contributed by atoms with van der Waals surface area (Å²) in [6.45, 7) is 1.86. The molecule has 0 heterocycles. The Kier molecular flexibility index (Phi) is 3.01. The van der Waals surface area contributed by atoms with Crippen LogP contribution in [0.4, 0.5) is 0 Å². The molecule has 0 N–H and O–H groups in total. The second kappa shape index (κ2) is 3.51. The average molecular weight is 317 g/mol. The van der Waals surface area contributed by atoms with Crippen LogP contribution in [0.25, 0.3) is 0 Å². The number of aryl methyl sites for hydroxylation is 1. The van der Waals surface area contributed by atoms with Crippen molar-refractivity contribution in [3.63, 3.8) is 0 Å². The molecule has 66 valence electrons. The highest BCUT2D eigenvalue weighted by atomic mass is 127. The molecule has 0 aliphatic carbocycles. The standard InChI is InChI=1S/C7H6ClIO2S/c1-5-2-3-7(6(8)4-5)12(9,10)11/h2-4H,1H3. The smallest absolute Gasteiger partial charge is 0.213 e. The van der Waals surface area contributed by atoms with Crippen LogP contribution >= 0.6 is 32.8 Å². The summed E-state index contributed by atoms with van der Waals surface area (Å²) >= 11 is 7.10. The summed E-state index contributed by atoms with van der Waals surface area (Å²) in [6, 6.07) is 4.87. The first-order valence-electron chi connectivity index (χ1n) is 3.12. The van der Waals surface area contributed by atoms with Gasteiger partial charge < -0.3 is 0 Å². The molecular formula is C7H6ClIO2S. The predicted octanol–water partition coefficient (Wildman–Crippen LogP) is 2.77. The van der Waals surface area contributed by atoms with E-state index >= 15 is 0 Å². The minimum atomic E-state index is -3.21. The number of hydrogen-bond acceptors (Lipinski definition) is 2. The van der Waals surface area contributed by atoms with E-state index in [9.17, 15) is 8.42 Å². The van der Waals surface area contributed by atoms with E-state index in [4.69, 9.17) is 11.6 Å². The number of halogens is 2. The van der Waals surface area contributed by atoms with E-state index < -0.39 is 7.01 Å². The lowest BCUT2D eigenvalue weighted by molar-refractivity contribution is 0.612. The van der Waals surface area contributed by atoms with E-state index in [1.165, 1.54) is 27.3 Å². The molecule has 1 aromatic carbocycles. The Morgan fingerprint density at radius 2 is 2.00 bits per heavy atom. The maximum absolute atomic E-state index is 11.1. The third-order valence-corrected chi connectivity index (χ3v) is 4.08. The number of hydrogen-bond donors (Lipinski definition) is 0. The molecule has 0 amide bonds. The molecule has 0 saturated carbocycles. The van der Waals surface area contributed by atoms with Gasteiger partial charge >= 0.3 is 0 Å². The van der Waals surface area contributed by atoms with Crippen LogP contribution in [0.3, 0.4) is 0 Å². The summed E-state index contributed by atoms with van der Waals surface area (Å²) in [4.78, 5) is 0.176. The molecule has 0 bridgehead atoms. The summed E-state index contributed by atoms with van der Waals surface area (Å²) in [5.74, 6) is 0. The Balaban J connectivity index is 3.39. The minimum Gasteiger partial charge on any atom is -0.213 e. The molecule has 0 saturated heterocycles. The van der Waals surface area contributed by atoms with Crippen molar-refractivity contribution in [2.75, 3.05) is 0 Å². The Hall–Kier alpha value is 0.190. The maximum atomic E-state index is 11.1. The molecule has 5 heteroatoms. The third kappa shape index (κ3) is 2.34. The fraction of sp³-hybridized carbons (Fsp3) is 0.143. The van der Waals surface area contributed by atoms with E-state index in [1.807, 2.05) is 6.92 Å². The van der Waals surface area contributed by atoms with Gasteiger partial charge in [0, 0.05) is 0 Å². The van der Waals surface area contributed by atoms with Crippen molar-refractivity contribution in [1.82, 2.24) is 0 Å². The lowest BCUT2D eigenvalue weighted by Gasteiger charge is -2.00. The fourth-order valence-electron chi connectivity index (χ4n) is 0.804. The highest BCUT2D eigenvalue weighted by Gasteiger charge is 2.12. The molecule has 0 aliphatic heterocycles. The van der Waals surface area contributed by atoms with Crippen molar-refractivity contribution in [3.8, 4) is 0 Å². The van der Waals surface area contributed by atoms with Gasteiger partial charge in [-0.3, -0.25) is 0 Å². The summed E-state index contributed by atoms with van der Waals surface area (Å²) in [6.07, 6.45) is 0. The quantitative estimate of drug-likeness (QED) is 0.590. The van der Waals surface area contributed by atoms with Crippen LogP contribution in [0.5, 0.6) is 0 Å². The Morgan fingerprint density at radius 3 is 2.42 bits per heavy atom. The molecule has 0 aromatic heterocycles. The van der Waals surface area contributed by atoms with Crippen LogP contribution in [0, 0.1) is 6.92 Å². The van der Waals surface area contributed by atoms with Gasteiger partial charge in [0.1, 0.15) is 0 Å². The second-order valence-corrected chi connectivity index (χ2v) is 7.57. The zero-order chi connectivity index (χ0) is 9.35. The molecule has 1 rings (SSSR count). The van der Waals surface area contributed by atoms with E-state index in [1.54, 1.807) is 12.1 Å². The van der Waals surface area contributed by atoms with Gasteiger partial charge in [-0.15, -0.1) is 0 Å². The fourth-order valence-corrected chi connectivity index (χ4v) is 3.41. The lowest BCUT2D eigenvalue weighted by Crippen LogP contribution is -1.90. The van der Waals surface area contributed by atoms with Crippen molar-refractivity contribution in [3.05, 3.63) is 28.8 Å². The first-order valence-corrected chi connectivity index (χ1v) is 7.52. The molecule has 0 spiro atoms. The van der Waals surface area contributed by atoms with Crippen molar-refractivity contribution in [2.45, 2.75) is 11.8 Å². The van der Waals surface area contributed by atoms with Crippen LogP contribution in [-0.2, 0) is 7.01 Å². The summed E-state index contributed by atoms with van der Waals surface area (Å²) < 4.78 is 22.1. The molecule has 1 aromatic rings. The first-order chi connectivity index (χ1) is 5.41. The average Bonchev–Trinajstić information content (AvgIpc) is 1.83. The molecule has 2 nitrogen and oxygen atoms in total. The SMILES string of the molecule is Cc1ccc(S(=O)(=O)I)c(Cl)c1. The molecule has 0 unspecified atom stereocenters. The molecule has 0 radical (unpaired) electrons. The normalized spacial score (nSPS) is 11.6. The van der Waals surface area contributed by atoms with Crippen molar-refractivity contribution in [1.29, 1.82) is 0 Å². The van der Waals surface area contributed by atoms with Crippen LogP contribution < -0.4 is 0 Å². The Labute approximate surface area is 88.4 Å². The molecular weight excluding hydrogens is 310 g/mol. The molecule has 12 heavy (non-hydrogen) atoms. The van der Waals surface area contributed by atoms with Gasteiger partial charge in [-0.25, -0.2) is 8.42 Å². The van der Waals surface area contributed by atoms with Gasteiger partial charge in [0.25, 0.3) is 0 Å². The maximum Gasteiger partial charge on any atom is 0.232 e. The lowest BCUT2D eigenvalue weighted by atomic mass is 10.2. The van der Waals surface area contributed by atoms with Crippen molar-refractivity contribution in [2.24, 2.45) is 0 Å². The monoisotopic (exact) mass is 316 g/mol. The van der Waals surface area contributed by atoms with Gasteiger partial charge in [0.05, 0.1) is 31.1 Å². The Bertz CT molecular complexity index is 400. The number of rotatable bonds is 1. The zero-order valence-electron chi connectivity index (χ0n) is 6.21. The highest BCUT2D eigenvalue weighted by molar-refractivity contribution is 14.2. The van der Waals surface area contributed by atoms with Crippen molar-refractivity contribution >= 4 is 39.8 Å². The van der Waals surface area contributed by atoms with Crippen molar-refractivity contribution < 1.29 is 8.42 Å². The highest BCUT2D eigenvalue weighted by Crippen LogP contribution is 2.26. The first kappa shape index (κ1) is 10.3. The van der Waals surface area contributed by atoms with Crippen LogP contribution in [0.2, 0.25) is 5.02 Å². The molecule has 0 atom stereocenters. The van der Waals surface area contributed by atoms with Gasteiger partial charge in [0.2, 0.25) is 7.01 Å². The largest absolute Gasteiger partial charge is 0.232 e. The van der Waals surface area contributed by atoms with Crippen LogP contribution in [-0.4, -0.2) is 8.42 Å². The third-order valence-electron chi connectivity index (χ3n) is 1.35. The van der Waals surface area contributed by atoms with E-state index in [2.05, 4.69) is 0 Å². The zero-order valence-corrected chi connectivity index (χ0v) is 9.94. The van der Waals surface area contributed by atoms with Gasteiger partial charge in [-0.2, -0.15) is 0 Å². The van der Waals surface area contributed by atoms with Crippen LogP contribution in [0.1, 0.15) is 5.56 Å². The molecule has 0 aliphatic rings. The van der Waals surface area contributed by atoms with Gasteiger partial charge in [0.15, 0.2) is 0 Å². The summed E-state index contributed by atoms with van der Waals surface area (Å²) in [7, 11) is -3.21. The minimum absolute atomic E-state index is 0.176. The van der Waals surface area contributed by atoms with E-state index in [0.29, 0.717) is 0 Å². The topological polar surface area (TPSA) is 34.1 Å². The summed E-state index contributed by atoms with van der Waals surface area (Å²) in [5.41, 5.74) is 0.948. The summed E-state index contributed by atoms with van der Waals surface area (Å²) in [5, 5.41) is 0.282. The van der Waals surface area contributed by atoms with E-state index in [0.717, 1.165) is 5.56 Å². The van der Waals surface area contributed by atoms with Crippen LogP contribution in [0.15, 0.2) is 23.1 Å². The second-order valence-electron chi connectivity index (χ2n) is 2.37. The van der Waals surface area contributed by atoms with Gasteiger partial charge in [-0.05, 0) is 24.6 Å². The number of benzene rings is 1. The van der Waals surface area contributed by atoms with Gasteiger partial charge in [-0.1, -0.05) is 17.7 Å². The van der Waals surface area contributed by atoms with E-state index in [-0.39, 0.29) is 9.92 Å².